The minimum absolute atomic E-state index is 0.167. The van der Waals surface area contributed by atoms with Gasteiger partial charge in [-0.05, 0) is 45.3 Å². The van der Waals surface area contributed by atoms with Gasteiger partial charge in [-0.15, -0.1) is 0 Å². The highest BCUT2D eigenvalue weighted by atomic mass is 16.1. The van der Waals surface area contributed by atoms with Crippen molar-refractivity contribution in [2.75, 3.05) is 20.1 Å². The first-order valence-corrected chi connectivity index (χ1v) is 8.31. The Morgan fingerprint density at radius 2 is 2.17 bits per heavy atom. The van der Waals surface area contributed by atoms with Crippen molar-refractivity contribution in [3.05, 3.63) is 41.7 Å². The highest BCUT2D eigenvalue weighted by Gasteiger charge is 2.32. The van der Waals surface area contributed by atoms with E-state index in [0.29, 0.717) is 18.2 Å². The van der Waals surface area contributed by atoms with Gasteiger partial charge in [0.25, 0.3) is 5.91 Å². The van der Waals surface area contributed by atoms with Crippen molar-refractivity contribution in [2.45, 2.75) is 25.8 Å². The Hall–Kier alpha value is -2.28. The molecule has 0 unspecified atom stereocenters. The fraction of sp³-hybridized carbons (Fsp3) is 0.529. The normalized spacial score (nSPS) is 21.6. The van der Waals surface area contributed by atoms with E-state index in [1.807, 2.05) is 24.9 Å². The van der Waals surface area contributed by atoms with Crippen molar-refractivity contribution in [1.82, 2.24) is 30.0 Å². The Balaban J connectivity index is 1.69. The first-order valence-electron chi connectivity index (χ1n) is 8.31. The maximum absolute atomic E-state index is 12.3. The second kappa shape index (κ2) is 7.09. The molecule has 3 heterocycles. The summed E-state index contributed by atoms with van der Waals surface area (Å²) < 4.78 is 1.92. The monoisotopic (exact) mass is 328 g/mol. The molecule has 3 rings (SSSR count). The number of likely N-dealkylation sites (tertiary alicyclic amines) is 1. The van der Waals surface area contributed by atoms with E-state index in [2.05, 4.69) is 38.4 Å². The largest absolute Gasteiger partial charge is 0.350 e. The number of hydrogen-bond acceptors (Lipinski definition) is 5. The molecule has 0 aliphatic carbocycles. The lowest BCUT2D eigenvalue weighted by molar-refractivity contribution is 0.0875. The molecule has 1 aliphatic rings. The van der Waals surface area contributed by atoms with Crippen LogP contribution in [0.1, 0.15) is 40.8 Å². The number of carbonyl (C=O) groups excluding carboxylic acids is 1. The van der Waals surface area contributed by atoms with Gasteiger partial charge in [-0.1, -0.05) is 0 Å². The number of nitrogens with zero attached hydrogens (tertiary/aromatic N) is 5. The molecule has 0 bridgehead atoms. The van der Waals surface area contributed by atoms with Crippen LogP contribution < -0.4 is 5.32 Å². The number of aryl methyl sites for hydroxylation is 2. The zero-order valence-electron chi connectivity index (χ0n) is 14.4. The lowest BCUT2D eigenvalue weighted by atomic mass is 9.87. The minimum atomic E-state index is -0.167. The summed E-state index contributed by atoms with van der Waals surface area (Å²) in [5.74, 6) is 0.181. The Morgan fingerprint density at radius 1 is 1.33 bits per heavy atom. The number of piperidine rings is 1. The zero-order chi connectivity index (χ0) is 17.1. The molecule has 1 aliphatic heterocycles. The quantitative estimate of drug-likeness (QED) is 0.916. The second-order valence-electron chi connectivity index (χ2n) is 6.46. The van der Waals surface area contributed by atoms with Gasteiger partial charge in [0.2, 0.25) is 0 Å². The van der Waals surface area contributed by atoms with Gasteiger partial charge in [-0.3, -0.25) is 19.4 Å². The Labute approximate surface area is 142 Å². The van der Waals surface area contributed by atoms with Gasteiger partial charge in [0.05, 0.1) is 23.6 Å². The number of aromatic nitrogens is 4. The first-order chi connectivity index (χ1) is 11.6. The molecule has 7 heteroatoms. The predicted molar refractivity (Wildman–Crippen MR) is 90.4 cm³/mol. The number of hydrogen-bond donors (Lipinski definition) is 1. The molecule has 2 aromatic rings. The number of amides is 1. The van der Waals surface area contributed by atoms with Crippen molar-refractivity contribution >= 4 is 5.91 Å². The van der Waals surface area contributed by atoms with E-state index in [-0.39, 0.29) is 11.9 Å². The van der Waals surface area contributed by atoms with Gasteiger partial charge < -0.3 is 5.32 Å². The van der Waals surface area contributed by atoms with Crippen LogP contribution in [-0.2, 0) is 7.05 Å². The molecular formula is C17H24N6O. The Bertz CT molecular complexity index is 695. The number of carbonyl (C=O) groups is 1. The molecule has 24 heavy (non-hydrogen) atoms. The third-order valence-corrected chi connectivity index (χ3v) is 4.71. The van der Waals surface area contributed by atoms with E-state index in [0.717, 1.165) is 25.1 Å². The van der Waals surface area contributed by atoms with Gasteiger partial charge in [0.15, 0.2) is 0 Å². The van der Waals surface area contributed by atoms with Crippen molar-refractivity contribution in [2.24, 2.45) is 13.0 Å². The average Bonchev–Trinajstić information content (AvgIpc) is 2.99. The summed E-state index contributed by atoms with van der Waals surface area (Å²) in [5, 5.41) is 7.32. The topological polar surface area (TPSA) is 75.9 Å². The molecule has 1 amide bonds. The van der Waals surface area contributed by atoms with Gasteiger partial charge in [-0.2, -0.15) is 5.10 Å². The van der Waals surface area contributed by atoms with Crippen LogP contribution in [0, 0.1) is 12.8 Å². The first kappa shape index (κ1) is 16.6. The van der Waals surface area contributed by atoms with Crippen LogP contribution in [0.15, 0.2) is 24.7 Å². The van der Waals surface area contributed by atoms with Crippen LogP contribution in [0.2, 0.25) is 0 Å². The minimum Gasteiger partial charge on any atom is -0.350 e. The molecular weight excluding hydrogens is 304 g/mol. The smallest absolute Gasteiger partial charge is 0.271 e. The molecule has 0 aromatic carbocycles. The molecule has 1 N–H and O–H groups in total. The fourth-order valence-electron chi connectivity index (χ4n) is 3.44. The lowest BCUT2D eigenvalue weighted by Crippen LogP contribution is -2.42. The molecule has 2 aromatic heterocycles. The number of nitrogens with one attached hydrogen (secondary N) is 1. The summed E-state index contributed by atoms with van der Waals surface area (Å²) in [7, 11) is 4.10. The van der Waals surface area contributed by atoms with E-state index in [4.69, 9.17) is 0 Å². The van der Waals surface area contributed by atoms with E-state index >= 15 is 0 Å². The lowest BCUT2D eigenvalue weighted by Gasteiger charge is -2.39. The van der Waals surface area contributed by atoms with Crippen molar-refractivity contribution in [1.29, 1.82) is 0 Å². The molecule has 128 valence electrons. The highest BCUT2D eigenvalue weighted by molar-refractivity contribution is 5.91. The van der Waals surface area contributed by atoms with Gasteiger partial charge in [0, 0.05) is 26.0 Å². The van der Waals surface area contributed by atoms with Crippen LogP contribution in [-0.4, -0.2) is 50.7 Å². The van der Waals surface area contributed by atoms with E-state index in [1.165, 1.54) is 11.9 Å². The van der Waals surface area contributed by atoms with Gasteiger partial charge in [-0.25, -0.2) is 4.98 Å². The van der Waals surface area contributed by atoms with Crippen LogP contribution in [0.5, 0.6) is 0 Å². The average molecular weight is 328 g/mol. The van der Waals surface area contributed by atoms with Crippen LogP contribution in [0.3, 0.4) is 0 Å². The molecule has 7 nitrogen and oxygen atoms in total. The van der Waals surface area contributed by atoms with Crippen LogP contribution in [0.4, 0.5) is 0 Å². The highest BCUT2D eigenvalue weighted by Crippen LogP contribution is 2.34. The Morgan fingerprint density at radius 3 is 2.83 bits per heavy atom. The van der Waals surface area contributed by atoms with Crippen molar-refractivity contribution < 1.29 is 4.79 Å². The summed E-state index contributed by atoms with van der Waals surface area (Å²) in [4.78, 5) is 22.9. The molecule has 0 radical (unpaired) electrons. The molecule has 1 saturated heterocycles. The maximum Gasteiger partial charge on any atom is 0.271 e. The van der Waals surface area contributed by atoms with E-state index < -0.39 is 0 Å². The van der Waals surface area contributed by atoms with Crippen molar-refractivity contribution in [3.8, 4) is 0 Å². The molecule has 1 fully saturated rings. The number of rotatable bonds is 4. The third-order valence-electron chi connectivity index (χ3n) is 4.71. The third kappa shape index (κ3) is 3.46. The van der Waals surface area contributed by atoms with E-state index in [1.54, 1.807) is 6.20 Å². The fourth-order valence-corrected chi connectivity index (χ4v) is 3.44. The van der Waals surface area contributed by atoms with Gasteiger partial charge in [0.1, 0.15) is 5.69 Å². The van der Waals surface area contributed by atoms with Crippen LogP contribution in [0.25, 0.3) is 0 Å². The van der Waals surface area contributed by atoms with Crippen LogP contribution >= 0.6 is 0 Å². The Kier molecular flexibility index (Phi) is 4.89. The van der Waals surface area contributed by atoms with E-state index in [9.17, 15) is 4.79 Å². The summed E-state index contributed by atoms with van der Waals surface area (Å²) in [6.07, 6.45) is 7.18. The molecule has 0 saturated carbocycles. The SMILES string of the molecule is Cc1cnc(C(=O)NC[C@@H]2CCCN(C)[C@H]2c2ccnn2C)cn1. The molecule has 2 atom stereocenters. The zero-order valence-corrected chi connectivity index (χ0v) is 14.4. The van der Waals surface area contributed by atoms with Crippen molar-refractivity contribution in [3.63, 3.8) is 0 Å². The summed E-state index contributed by atoms with van der Waals surface area (Å²) in [5.41, 5.74) is 2.35. The summed E-state index contributed by atoms with van der Waals surface area (Å²) in [6, 6.07) is 2.32. The second-order valence-corrected chi connectivity index (χ2v) is 6.46. The van der Waals surface area contributed by atoms with Gasteiger partial charge >= 0.3 is 0 Å². The summed E-state index contributed by atoms with van der Waals surface area (Å²) >= 11 is 0. The summed E-state index contributed by atoms with van der Waals surface area (Å²) in [6.45, 7) is 3.53. The predicted octanol–water partition coefficient (Wildman–Crippen LogP) is 1.33. The standard InChI is InChI=1S/C17H24N6O/c1-12-9-19-14(11-18-12)17(24)20-10-13-5-4-8-22(2)16(13)15-6-7-21-23(15)3/h6-7,9,11,13,16H,4-5,8,10H2,1-3H3,(H,20,24)/t13-,16+/m0/s1. The maximum atomic E-state index is 12.3. The molecule has 0 spiro atoms.